The van der Waals surface area contributed by atoms with Crippen LogP contribution in [-0.2, 0) is 6.18 Å². The van der Waals surface area contributed by atoms with Crippen molar-refractivity contribution in [1.29, 1.82) is 0 Å². The number of halogens is 5. The Hall–Kier alpha value is -1.11. The molecule has 1 N–H and O–H groups in total. The van der Waals surface area contributed by atoms with Gasteiger partial charge in [0.25, 0.3) is 5.91 Å². The highest BCUT2D eigenvalue weighted by Gasteiger charge is 2.33. The Labute approximate surface area is 121 Å². The maximum absolute atomic E-state index is 13.5. The number of nitrogens with one attached hydrogen (secondary N) is 1. The van der Waals surface area contributed by atoms with E-state index in [1.165, 1.54) is 0 Å². The zero-order valence-electron chi connectivity index (χ0n) is 10.3. The molecule has 0 aromatic heterocycles. The van der Waals surface area contributed by atoms with Crippen molar-refractivity contribution < 1.29 is 22.4 Å². The van der Waals surface area contributed by atoms with E-state index in [0.29, 0.717) is 18.2 Å². The summed E-state index contributed by atoms with van der Waals surface area (Å²) in [5.41, 5.74) is -1.61. The fraction of sp³-hybridized carbons (Fsp3) is 0.462. The van der Waals surface area contributed by atoms with Crippen LogP contribution in [0, 0.1) is 5.82 Å². The van der Waals surface area contributed by atoms with Crippen LogP contribution in [0.15, 0.2) is 18.2 Å². The lowest BCUT2D eigenvalue weighted by molar-refractivity contribution is -0.137. The minimum Gasteiger partial charge on any atom is -0.348 e. The van der Waals surface area contributed by atoms with E-state index >= 15 is 0 Å². The highest BCUT2D eigenvalue weighted by Crippen LogP contribution is 2.31. The Kier molecular flexibility index (Phi) is 4.36. The van der Waals surface area contributed by atoms with Gasteiger partial charge in [-0.15, -0.1) is 0 Å². The quantitative estimate of drug-likeness (QED) is 0.634. The van der Waals surface area contributed by atoms with Gasteiger partial charge in [0.15, 0.2) is 0 Å². The number of hydrogen-bond acceptors (Lipinski definition) is 1. The minimum absolute atomic E-state index is 0.0697. The first kappa shape index (κ1) is 15.3. The zero-order valence-corrected chi connectivity index (χ0v) is 11.9. The normalized spacial score (nSPS) is 22.9. The molecule has 2 nitrogen and oxygen atoms in total. The summed E-state index contributed by atoms with van der Waals surface area (Å²) in [5, 5.41) is 2.57. The minimum atomic E-state index is -4.60. The Balaban J connectivity index is 2.20. The maximum Gasteiger partial charge on any atom is 0.416 e. The van der Waals surface area contributed by atoms with Crippen LogP contribution >= 0.6 is 15.9 Å². The zero-order chi connectivity index (χ0) is 14.9. The molecule has 7 heteroatoms. The fourth-order valence-corrected chi connectivity index (χ4v) is 2.92. The van der Waals surface area contributed by atoms with Crippen LogP contribution in [0.4, 0.5) is 17.6 Å². The number of amides is 1. The van der Waals surface area contributed by atoms with E-state index in [9.17, 15) is 22.4 Å². The van der Waals surface area contributed by atoms with Crippen LogP contribution in [0.5, 0.6) is 0 Å². The second-order valence-electron chi connectivity index (χ2n) is 4.72. The van der Waals surface area contributed by atoms with Crippen molar-refractivity contribution in [2.75, 3.05) is 0 Å². The fourth-order valence-electron chi connectivity index (χ4n) is 2.20. The molecule has 1 aromatic rings. The van der Waals surface area contributed by atoms with E-state index < -0.39 is 29.0 Å². The molecule has 2 atom stereocenters. The van der Waals surface area contributed by atoms with Gasteiger partial charge in [0, 0.05) is 10.9 Å². The van der Waals surface area contributed by atoms with Crippen molar-refractivity contribution in [1.82, 2.24) is 5.32 Å². The molecule has 1 aromatic carbocycles. The lowest BCUT2D eigenvalue weighted by atomic mass is 10.1. The van der Waals surface area contributed by atoms with E-state index in [0.717, 1.165) is 19.3 Å². The Morgan fingerprint density at radius 1 is 1.30 bits per heavy atom. The van der Waals surface area contributed by atoms with E-state index in [-0.39, 0.29) is 10.9 Å². The molecule has 2 unspecified atom stereocenters. The van der Waals surface area contributed by atoms with E-state index in [1.54, 1.807) is 0 Å². The summed E-state index contributed by atoms with van der Waals surface area (Å²) in [6, 6.07) is 1.65. The van der Waals surface area contributed by atoms with Crippen LogP contribution in [0.25, 0.3) is 0 Å². The number of rotatable bonds is 2. The Morgan fingerprint density at radius 3 is 2.55 bits per heavy atom. The van der Waals surface area contributed by atoms with Gasteiger partial charge in [0.2, 0.25) is 0 Å². The van der Waals surface area contributed by atoms with E-state index in [1.807, 2.05) is 0 Å². The maximum atomic E-state index is 13.5. The molecule has 0 heterocycles. The molecular weight excluding hydrogens is 342 g/mol. The summed E-state index contributed by atoms with van der Waals surface area (Å²) in [5.74, 6) is -1.77. The highest BCUT2D eigenvalue weighted by molar-refractivity contribution is 9.09. The van der Waals surface area contributed by atoms with Crippen molar-refractivity contribution in [2.24, 2.45) is 0 Å². The molecule has 1 amide bonds. The lowest BCUT2D eigenvalue weighted by Crippen LogP contribution is -2.38. The molecule has 2 rings (SSSR count). The number of hydrogen-bond donors (Lipinski definition) is 1. The number of alkyl halides is 4. The van der Waals surface area contributed by atoms with Crippen LogP contribution in [-0.4, -0.2) is 16.8 Å². The van der Waals surface area contributed by atoms with Crippen LogP contribution in [0.3, 0.4) is 0 Å². The average molecular weight is 354 g/mol. The lowest BCUT2D eigenvalue weighted by Gasteiger charge is -2.17. The van der Waals surface area contributed by atoms with Gasteiger partial charge in [-0.1, -0.05) is 22.4 Å². The molecule has 0 spiro atoms. The van der Waals surface area contributed by atoms with Gasteiger partial charge in [-0.05, 0) is 31.0 Å². The van der Waals surface area contributed by atoms with Gasteiger partial charge < -0.3 is 5.32 Å². The second kappa shape index (κ2) is 5.71. The van der Waals surface area contributed by atoms with Crippen molar-refractivity contribution in [2.45, 2.75) is 36.3 Å². The first-order valence-electron chi connectivity index (χ1n) is 6.10. The van der Waals surface area contributed by atoms with Gasteiger partial charge in [0.05, 0.1) is 11.1 Å². The summed E-state index contributed by atoms with van der Waals surface area (Å²) >= 11 is 3.38. The Bertz CT molecular complexity index is 518. The number of carbonyl (C=O) groups is 1. The summed E-state index contributed by atoms with van der Waals surface area (Å²) in [6.45, 7) is 0. The third-order valence-electron chi connectivity index (χ3n) is 3.29. The van der Waals surface area contributed by atoms with Crippen LogP contribution < -0.4 is 5.32 Å². The summed E-state index contributed by atoms with van der Waals surface area (Å²) in [6.07, 6.45) is -2.10. The smallest absolute Gasteiger partial charge is 0.348 e. The average Bonchev–Trinajstić information content (AvgIpc) is 2.74. The first-order chi connectivity index (χ1) is 9.29. The van der Waals surface area contributed by atoms with Crippen molar-refractivity contribution in [3.8, 4) is 0 Å². The summed E-state index contributed by atoms with van der Waals surface area (Å²) in [7, 11) is 0. The molecule has 0 saturated heterocycles. The van der Waals surface area contributed by atoms with Crippen LogP contribution in [0.1, 0.15) is 35.2 Å². The van der Waals surface area contributed by atoms with Gasteiger partial charge >= 0.3 is 6.18 Å². The van der Waals surface area contributed by atoms with E-state index in [2.05, 4.69) is 21.2 Å². The first-order valence-corrected chi connectivity index (χ1v) is 7.02. The van der Waals surface area contributed by atoms with Gasteiger partial charge in [-0.3, -0.25) is 4.79 Å². The molecule has 20 heavy (non-hydrogen) atoms. The summed E-state index contributed by atoms with van der Waals surface area (Å²) in [4.78, 5) is 12.0. The molecule has 0 aliphatic heterocycles. The van der Waals surface area contributed by atoms with Gasteiger partial charge in [-0.2, -0.15) is 13.2 Å². The predicted octanol–water partition coefficient (Wildman–Crippen LogP) is 3.89. The highest BCUT2D eigenvalue weighted by atomic mass is 79.9. The third-order valence-corrected chi connectivity index (χ3v) is 4.38. The molecule has 1 aliphatic rings. The summed E-state index contributed by atoms with van der Waals surface area (Å²) < 4.78 is 51.2. The molecule has 1 fully saturated rings. The standard InChI is InChI=1S/C13H12BrF4NO/c14-9-2-1-3-11(9)19-12(20)8-6-7(13(16,17)18)4-5-10(8)15/h4-6,9,11H,1-3H2,(H,19,20). The van der Waals surface area contributed by atoms with Gasteiger partial charge in [0.1, 0.15) is 5.82 Å². The van der Waals surface area contributed by atoms with Crippen molar-refractivity contribution in [3.05, 3.63) is 35.1 Å². The molecular formula is C13H12BrF4NO. The Morgan fingerprint density at radius 2 is 2.00 bits per heavy atom. The number of benzene rings is 1. The molecule has 0 bridgehead atoms. The van der Waals surface area contributed by atoms with Crippen LogP contribution in [0.2, 0.25) is 0 Å². The predicted molar refractivity (Wildman–Crippen MR) is 69.2 cm³/mol. The van der Waals surface area contributed by atoms with Crippen molar-refractivity contribution in [3.63, 3.8) is 0 Å². The molecule has 110 valence electrons. The molecule has 1 saturated carbocycles. The number of carbonyl (C=O) groups excluding carboxylic acids is 1. The largest absolute Gasteiger partial charge is 0.416 e. The monoisotopic (exact) mass is 353 g/mol. The van der Waals surface area contributed by atoms with Gasteiger partial charge in [-0.25, -0.2) is 4.39 Å². The second-order valence-corrected chi connectivity index (χ2v) is 5.90. The molecule has 1 aliphatic carbocycles. The van der Waals surface area contributed by atoms with Crippen molar-refractivity contribution >= 4 is 21.8 Å². The topological polar surface area (TPSA) is 29.1 Å². The van der Waals surface area contributed by atoms with E-state index in [4.69, 9.17) is 0 Å². The molecule has 0 radical (unpaired) electrons. The SMILES string of the molecule is O=C(NC1CCCC1Br)c1cc(C(F)(F)F)ccc1F. The third kappa shape index (κ3) is 3.31.